The van der Waals surface area contributed by atoms with E-state index in [4.69, 9.17) is 5.73 Å². The van der Waals surface area contributed by atoms with Crippen molar-refractivity contribution in [1.29, 1.82) is 0 Å². The number of nitrogens with one attached hydrogen (secondary N) is 1. The first-order valence-electron chi connectivity index (χ1n) is 8.44. The van der Waals surface area contributed by atoms with Gasteiger partial charge in [-0.2, -0.15) is 0 Å². The summed E-state index contributed by atoms with van der Waals surface area (Å²) in [4.78, 5) is 6.52. The van der Waals surface area contributed by atoms with Crippen LogP contribution in [0.15, 0.2) is 30.3 Å². The van der Waals surface area contributed by atoms with Gasteiger partial charge in [0.15, 0.2) is 0 Å². The molecular weight excluding hydrogens is 303 g/mol. The van der Waals surface area contributed by atoms with E-state index in [9.17, 15) is 4.39 Å². The van der Waals surface area contributed by atoms with E-state index < -0.39 is 0 Å². The number of rotatable bonds is 8. The molecule has 0 aliphatic rings. The van der Waals surface area contributed by atoms with Gasteiger partial charge in [-0.25, -0.2) is 9.37 Å². The Bertz CT molecular complexity index is 652. The van der Waals surface area contributed by atoms with E-state index in [0.29, 0.717) is 5.82 Å². The Kier molecular flexibility index (Phi) is 6.55. The Morgan fingerprint density at radius 3 is 2.62 bits per heavy atom. The number of aryl methyl sites for hydroxylation is 3. The highest BCUT2D eigenvalue weighted by Gasteiger charge is 2.08. The smallest absolute Gasteiger partial charge is 0.125 e. The lowest BCUT2D eigenvalue weighted by Gasteiger charge is -2.23. The van der Waals surface area contributed by atoms with E-state index in [2.05, 4.69) is 28.2 Å². The Balaban J connectivity index is 2.12. The molecule has 0 aliphatic carbocycles. The molecule has 1 aromatic heterocycles. The molecule has 0 fully saturated rings. The second kappa shape index (κ2) is 8.64. The summed E-state index contributed by atoms with van der Waals surface area (Å²) < 4.78 is 14.0. The van der Waals surface area contributed by atoms with Crippen molar-refractivity contribution >= 4 is 11.5 Å². The van der Waals surface area contributed by atoms with E-state index >= 15 is 0 Å². The molecule has 1 aromatic carbocycles. The number of likely N-dealkylation sites (N-methyl/N-ethyl adjacent to an activating group) is 2. The first-order chi connectivity index (χ1) is 11.5. The lowest BCUT2D eigenvalue weighted by molar-refractivity contribution is 0.623. The fourth-order valence-electron chi connectivity index (χ4n) is 2.85. The zero-order chi connectivity index (χ0) is 17.5. The Labute approximate surface area is 143 Å². The molecule has 0 aliphatic heterocycles. The molecule has 24 heavy (non-hydrogen) atoms. The Morgan fingerprint density at radius 1 is 1.17 bits per heavy atom. The van der Waals surface area contributed by atoms with Crippen molar-refractivity contribution in [2.45, 2.75) is 26.7 Å². The summed E-state index contributed by atoms with van der Waals surface area (Å²) in [5.74, 6) is 0.344. The lowest BCUT2D eigenvalue weighted by atomic mass is 10.1. The molecule has 2 aromatic rings. The molecule has 0 saturated carbocycles. The number of anilines is 2. The van der Waals surface area contributed by atoms with E-state index in [1.54, 1.807) is 12.1 Å². The van der Waals surface area contributed by atoms with Crippen LogP contribution >= 0.6 is 0 Å². The van der Waals surface area contributed by atoms with Crippen LogP contribution in [0.25, 0.3) is 0 Å². The number of nitrogen functional groups attached to an aromatic ring is 1. The fraction of sp³-hybridized carbons (Fsp3) is 0.421. The van der Waals surface area contributed by atoms with Gasteiger partial charge in [0.1, 0.15) is 11.6 Å². The van der Waals surface area contributed by atoms with E-state index in [0.717, 1.165) is 55.0 Å². The zero-order valence-corrected chi connectivity index (χ0v) is 14.8. The molecule has 4 nitrogen and oxygen atoms in total. The first-order valence-corrected chi connectivity index (χ1v) is 8.44. The molecule has 0 atom stereocenters. The quantitative estimate of drug-likeness (QED) is 0.781. The number of benzene rings is 1. The van der Waals surface area contributed by atoms with Gasteiger partial charge in [-0.3, -0.25) is 0 Å². The Hall–Kier alpha value is -2.14. The topological polar surface area (TPSA) is 54.2 Å². The summed E-state index contributed by atoms with van der Waals surface area (Å²) in [6.07, 6.45) is 1.49. The minimum Gasteiger partial charge on any atom is -0.384 e. The number of aromatic nitrogens is 1. The third-order valence-corrected chi connectivity index (χ3v) is 4.03. The van der Waals surface area contributed by atoms with Crippen molar-refractivity contribution in [3.8, 4) is 0 Å². The van der Waals surface area contributed by atoms with Crippen LogP contribution in [0.5, 0.6) is 0 Å². The second-order valence-corrected chi connectivity index (χ2v) is 6.06. The number of pyridine rings is 1. The summed E-state index contributed by atoms with van der Waals surface area (Å²) in [5, 5.41) is 3.13. The third-order valence-electron chi connectivity index (χ3n) is 4.03. The predicted molar refractivity (Wildman–Crippen MR) is 99.0 cm³/mol. The van der Waals surface area contributed by atoms with Gasteiger partial charge in [0.05, 0.1) is 0 Å². The number of hydrogen-bond donors (Lipinski definition) is 2. The number of halogens is 1. The van der Waals surface area contributed by atoms with Crippen molar-refractivity contribution in [3.63, 3.8) is 0 Å². The highest BCUT2D eigenvalue weighted by molar-refractivity contribution is 5.49. The first kappa shape index (κ1) is 18.2. The molecule has 2 rings (SSSR count). The number of hydrogen-bond acceptors (Lipinski definition) is 4. The van der Waals surface area contributed by atoms with Crippen LogP contribution in [0, 0.1) is 12.7 Å². The standard InChI is InChI=1S/C19H27FN4/c1-4-24(8-7-22-3)18-12-15(11-16(20)13-18)5-6-17-9-14(2)10-19(21)23-17/h9-13,22H,4-8H2,1-3H3,(H2,21,23). The van der Waals surface area contributed by atoms with E-state index in [1.165, 1.54) is 0 Å². The molecule has 0 spiro atoms. The molecule has 0 radical (unpaired) electrons. The zero-order valence-electron chi connectivity index (χ0n) is 14.8. The third kappa shape index (κ3) is 5.20. The van der Waals surface area contributed by atoms with Crippen LogP contribution in [-0.2, 0) is 12.8 Å². The predicted octanol–water partition coefficient (Wildman–Crippen LogP) is 2.94. The second-order valence-electron chi connectivity index (χ2n) is 6.06. The summed E-state index contributed by atoms with van der Waals surface area (Å²) in [5.41, 5.74) is 9.75. The minimum absolute atomic E-state index is 0.192. The molecule has 0 bridgehead atoms. The number of nitrogens with zero attached hydrogens (tertiary/aromatic N) is 2. The van der Waals surface area contributed by atoms with Gasteiger partial charge in [-0.1, -0.05) is 0 Å². The van der Waals surface area contributed by atoms with Crippen LogP contribution in [0.3, 0.4) is 0 Å². The average Bonchev–Trinajstić information content (AvgIpc) is 2.52. The van der Waals surface area contributed by atoms with Crippen LogP contribution in [0.4, 0.5) is 15.9 Å². The van der Waals surface area contributed by atoms with Gasteiger partial charge in [0.25, 0.3) is 0 Å². The molecule has 0 amide bonds. The maximum absolute atomic E-state index is 14.0. The van der Waals surface area contributed by atoms with Gasteiger partial charge in [-0.15, -0.1) is 0 Å². The van der Waals surface area contributed by atoms with Crippen molar-refractivity contribution < 1.29 is 4.39 Å². The van der Waals surface area contributed by atoms with E-state index in [-0.39, 0.29) is 5.82 Å². The SMILES string of the molecule is CCN(CCNC)c1cc(F)cc(CCc2cc(C)cc(N)n2)c1. The van der Waals surface area contributed by atoms with Crippen LogP contribution in [0.2, 0.25) is 0 Å². The van der Waals surface area contributed by atoms with Crippen LogP contribution in [-0.4, -0.2) is 31.7 Å². The van der Waals surface area contributed by atoms with Crippen molar-refractivity contribution in [2.24, 2.45) is 0 Å². The van der Waals surface area contributed by atoms with Gasteiger partial charge >= 0.3 is 0 Å². The molecule has 3 N–H and O–H groups in total. The van der Waals surface area contributed by atoms with Gasteiger partial charge in [0, 0.05) is 31.0 Å². The summed E-state index contributed by atoms with van der Waals surface area (Å²) in [7, 11) is 1.92. The fourth-order valence-corrected chi connectivity index (χ4v) is 2.85. The van der Waals surface area contributed by atoms with Crippen LogP contribution in [0.1, 0.15) is 23.7 Å². The van der Waals surface area contributed by atoms with Crippen LogP contribution < -0.4 is 16.0 Å². The summed E-state index contributed by atoms with van der Waals surface area (Å²) in [6.45, 7) is 6.65. The summed E-state index contributed by atoms with van der Waals surface area (Å²) >= 11 is 0. The highest BCUT2D eigenvalue weighted by atomic mass is 19.1. The minimum atomic E-state index is -0.192. The highest BCUT2D eigenvalue weighted by Crippen LogP contribution is 2.20. The van der Waals surface area contributed by atoms with E-state index in [1.807, 2.05) is 26.1 Å². The summed E-state index contributed by atoms with van der Waals surface area (Å²) in [6, 6.07) is 9.16. The van der Waals surface area contributed by atoms with Gasteiger partial charge < -0.3 is 16.0 Å². The van der Waals surface area contributed by atoms with Crippen molar-refractivity contribution in [1.82, 2.24) is 10.3 Å². The normalized spacial score (nSPS) is 10.8. The molecule has 5 heteroatoms. The molecule has 1 heterocycles. The average molecular weight is 330 g/mol. The molecule has 0 unspecified atom stereocenters. The molecular formula is C19H27FN4. The van der Waals surface area contributed by atoms with Crippen molar-refractivity contribution in [2.75, 3.05) is 37.3 Å². The van der Waals surface area contributed by atoms with Gasteiger partial charge in [-0.05, 0) is 75.2 Å². The maximum Gasteiger partial charge on any atom is 0.125 e. The Morgan fingerprint density at radius 2 is 1.96 bits per heavy atom. The lowest BCUT2D eigenvalue weighted by Crippen LogP contribution is -2.30. The largest absolute Gasteiger partial charge is 0.384 e. The molecule has 130 valence electrons. The van der Waals surface area contributed by atoms with Crippen molar-refractivity contribution in [3.05, 3.63) is 53.0 Å². The monoisotopic (exact) mass is 330 g/mol. The molecule has 0 saturated heterocycles. The maximum atomic E-state index is 14.0. The number of nitrogens with two attached hydrogens (primary N) is 1. The van der Waals surface area contributed by atoms with Gasteiger partial charge in [0.2, 0.25) is 0 Å².